The molecule has 3 nitrogen and oxygen atoms in total. The number of phenolic OH excluding ortho intramolecular Hbond substituents is 2. The molecule has 2 aromatic carbocycles. The molecule has 0 aliphatic carbocycles. The normalized spacial score (nSPS) is 13.9. The van der Waals surface area contributed by atoms with E-state index in [9.17, 15) is 10.2 Å². The Morgan fingerprint density at radius 2 is 1.55 bits per heavy atom. The van der Waals surface area contributed by atoms with E-state index in [-0.39, 0.29) is 23.6 Å². The fraction of sp³-hybridized carbons (Fsp3) is 0.250. The fourth-order valence-electron chi connectivity index (χ4n) is 2.32. The predicted molar refractivity (Wildman–Crippen MR) is 83.9 cm³/mol. The largest absolute Gasteiger partial charge is 0.507 e. The van der Waals surface area contributed by atoms with Crippen molar-refractivity contribution in [2.75, 3.05) is 0 Å². The molecule has 2 aromatic rings. The molecule has 0 fully saturated rings. The second-order valence-corrected chi connectivity index (χ2v) is 5.79. The average molecular weight is 336 g/mol. The summed E-state index contributed by atoms with van der Waals surface area (Å²) in [7, 11) is 0. The van der Waals surface area contributed by atoms with Crippen LogP contribution in [-0.4, -0.2) is 10.2 Å². The van der Waals surface area contributed by atoms with Crippen molar-refractivity contribution < 1.29 is 10.2 Å². The molecule has 2 atom stereocenters. The molecule has 3 N–H and O–H groups in total. The van der Waals surface area contributed by atoms with Gasteiger partial charge in [-0.2, -0.15) is 0 Å². The van der Waals surface area contributed by atoms with Crippen LogP contribution in [0.5, 0.6) is 11.5 Å². The van der Waals surface area contributed by atoms with Crippen LogP contribution in [0.2, 0.25) is 0 Å². The van der Waals surface area contributed by atoms with E-state index in [4.69, 9.17) is 0 Å². The molecule has 0 spiro atoms. The fourth-order valence-corrected chi connectivity index (χ4v) is 2.73. The molecule has 0 heterocycles. The first-order chi connectivity index (χ1) is 9.49. The van der Waals surface area contributed by atoms with Crippen LogP contribution < -0.4 is 5.32 Å². The van der Waals surface area contributed by atoms with Crippen LogP contribution in [0.1, 0.15) is 37.1 Å². The molecule has 0 bridgehead atoms. The molecule has 0 saturated carbocycles. The van der Waals surface area contributed by atoms with Crippen molar-refractivity contribution in [1.82, 2.24) is 5.32 Å². The smallest absolute Gasteiger partial charge is 0.124 e. The lowest BCUT2D eigenvalue weighted by Gasteiger charge is -2.22. The second-order valence-electron chi connectivity index (χ2n) is 4.87. The van der Waals surface area contributed by atoms with Gasteiger partial charge in [-0.3, -0.25) is 0 Å². The van der Waals surface area contributed by atoms with Crippen LogP contribution in [0.3, 0.4) is 0 Å². The van der Waals surface area contributed by atoms with Crippen LogP contribution in [0.4, 0.5) is 0 Å². The first kappa shape index (κ1) is 14.9. The van der Waals surface area contributed by atoms with Gasteiger partial charge in [0.2, 0.25) is 0 Å². The van der Waals surface area contributed by atoms with E-state index in [1.165, 1.54) is 0 Å². The molecule has 4 heteroatoms. The Morgan fingerprint density at radius 1 is 0.950 bits per heavy atom. The Hall–Kier alpha value is -1.52. The van der Waals surface area contributed by atoms with Gasteiger partial charge in [0.1, 0.15) is 11.5 Å². The zero-order valence-corrected chi connectivity index (χ0v) is 13.1. The first-order valence-corrected chi connectivity index (χ1v) is 7.30. The number of aromatic hydroxyl groups is 2. The summed E-state index contributed by atoms with van der Waals surface area (Å²) >= 11 is 3.46. The first-order valence-electron chi connectivity index (χ1n) is 6.51. The van der Waals surface area contributed by atoms with Crippen molar-refractivity contribution >= 4 is 15.9 Å². The number of nitrogens with one attached hydrogen (secondary N) is 1. The lowest BCUT2D eigenvalue weighted by atomic mass is 10.0. The Balaban J connectivity index is 2.17. The van der Waals surface area contributed by atoms with E-state index >= 15 is 0 Å². The third kappa shape index (κ3) is 3.32. The molecule has 0 aromatic heterocycles. The summed E-state index contributed by atoms with van der Waals surface area (Å²) in [5, 5.41) is 23.1. The number of halogens is 1. The van der Waals surface area contributed by atoms with Crippen molar-refractivity contribution in [1.29, 1.82) is 0 Å². The monoisotopic (exact) mass is 335 g/mol. The molecule has 0 aliphatic heterocycles. The molecular formula is C16H18BrNO2. The number of hydrogen-bond donors (Lipinski definition) is 3. The van der Waals surface area contributed by atoms with E-state index in [2.05, 4.69) is 34.2 Å². The van der Waals surface area contributed by atoms with Gasteiger partial charge in [-0.25, -0.2) is 0 Å². The van der Waals surface area contributed by atoms with E-state index in [0.717, 1.165) is 10.0 Å². The summed E-state index contributed by atoms with van der Waals surface area (Å²) in [5.41, 5.74) is 1.66. The Bertz CT molecular complexity index is 581. The third-order valence-corrected chi connectivity index (χ3v) is 3.84. The maximum atomic E-state index is 9.88. The Morgan fingerprint density at radius 3 is 2.15 bits per heavy atom. The van der Waals surface area contributed by atoms with Gasteiger partial charge in [-0.05, 0) is 43.7 Å². The Kier molecular flexibility index (Phi) is 4.68. The van der Waals surface area contributed by atoms with Gasteiger partial charge in [-0.1, -0.05) is 34.1 Å². The van der Waals surface area contributed by atoms with Gasteiger partial charge in [0.15, 0.2) is 0 Å². The summed E-state index contributed by atoms with van der Waals surface area (Å²) in [4.78, 5) is 0. The van der Waals surface area contributed by atoms with Crippen molar-refractivity contribution in [3.63, 3.8) is 0 Å². The van der Waals surface area contributed by atoms with Crippen molar-refractivity contribution in [2.45, 2.75) is 25.9 Å². The average Bonchev–Trinajstić information content (AvgIpc) is 2.38. The minimum atomic E-state index is -0.162. The Labute approximate surface area is 127 Å². The van der Waals surface area contributed by atoms with Crippen molar-refractivity contribution in [3.8, 4) is 11.5 Å². The summed E-state index contributed by atoms with van der Waals surface area (Å²) in [6, 6.07) is 12.8. The highest BCUT2D eigenvalue weighted by molar-refractivity contribution is 9.10. The maximum absolute atomic E-state index is 9.88. The van der Waals surface area contributed by atoms with E-state index in [0.29, 0.717) is 5.56 Å². The maximum Gasteiger partial charge on any atom is 0.124 e. The molecule has 1 unspecified atom stereocenters. The zero-order chi connectivity index (χ0) is 14.7. The minimum Gasteiger partial charge on any atom is -0.507 e. The number of phenols is 2. The zero-order valence-electron chi connectivity index (χ0n) is 11.5. The lowest BCUT2D eigenvalue weighted by molar-refractivity contribution is 0.407. The lowest BCUT2D eigenvalue weighted by Crippen LogP contribution is -2.22. The summed E-state index contributed by atoms with van der Waals surface area (Å²) in [6.07, 6.45) is 0. The van der Waals surface area contributed by atoms with Crippen molar-refractivity contribution in [2.24, 2.45) is 0 Å². The van der Waals surface area contributed by atoms with Crippen molar-refractivity contribution in [3.05, 3.63) is 58.1 Å². The van der Waals surface area contributed by atoms with E-state index in [1.54, 1.807) is 18.2 Å². The predicted octanol–water partition coefficient (Wildman–Crippen LogP) is 4.27. The summed E-state index contributed by atoms with van der Waals surface area (Å²) in [6.45, 7) is 3.97. The standard InChI is InChI=1S/C16H18BrNO2/c1-10(12-5-3-6-13(17)9-12)18-11(2)16-14(19)7-4-8-15(16)20/h3-11,18-20H,1-2H3/t10-,11?/m1/s1. The molecule has 0 radical (unpaired) electrons. The quantitative estimate of drug-likeness (QED) is 0.781. The van der Waals surface area contributed by atoms with Crippen LogP contribution >= 0.6 is 15.9 Å². The SMILES string of the molecule is CC(N[C@H](C)c1cccc(Br)c1)c1c(O)cccc1O. The van der Waals surface area contributed by atoms with Gasteiger partial charge in [0, 0.05) is 16.6 Å². The van der Waals surface area contributed by atoms with Crippen LogP contribution in [0.15, 0.2) is 46.9 Å². The summed E-state index contributed by atoms with van der Waals surface area (Å²) < 4.78 is 1.03. The van der Waals surface area contributed by atoms with Gasteiger partial charge in [-0.15, -0.1) is 0 Å². The highest BCUT2D eigenvalue weighted by Gasteiger charge is 2.17. The molecule has 0 saturated heterocycles. The molecule has 0 aliphatic rings. The highest BCUT2D eigenvalue weighted by atomic mass is 79.9. The number of benzene rings is 2. The van der Waals surface area contributed by atoms with Gasteiger partial charge in [0.25, 0.3) is 0 Å². The second kappa shape index (κ2) is 6.29. The molecule has 106 valence electrons. The molecule has 20 heavy (non-hydrogen) atoms. The third-order valence-electron chi connectivity index (χ3n) is 3.34. The van der Waals surface area contributed by atoms with Crippen LogP contribution in [0.25, 0.3) is 0 Å². The van der Waals surface area contributed by atoms with Crippen LogP contribution in [-0.2, 0) is 0 Å². The van der Waals surface area contributed by atoms with E-state index in [1.807, 2.05) is 25.1 Å². The highest BCUT2D eigenvalue weighted by Crippen LogP contribution is 2.33. The van der Waals surface area contributed by atoms with Gasteiger partial charge in [0.05, 0.1) is 5.56 Å². The topological polar surface area (TPSA) is 52.5 Å². The summed E-state index contributed by atoms with van der Waals surface area (Å²) in [5.74, 6) is 0.206. The van der Waals surface area contributed by atoms with E-state index < -0.39 is 0 Å². The number of hydrogen-bond acceptors (Lipinski definition) is 3. The molecule has 0 amide bonds. The van der Waals surface area contributed by atoms with Gasteiger partial charge < -0.3 is 15.5 Å². The molecular weight excluding hydrogens is 318 g/mol. The van der Waals surface area contributed by atoms with Crippen LogP contribution in [0, 0.1) is 0 Å². The number of rotatable bonds is 4. The minimum absolute atomic E-state index is 0.0986. The van der Waals surface area contributed by atoms with Gasteiger partial charge >= 0.3 is 0 Å². The molecule has 2 rings (SSSR count).